The first-order valence-electron chi connectivity index (χ1n) is 3.32. The molecule has 0 aromatic carbocycles. The van der Waals surface area contributed by atoms with Gasteiger partial charge in [0.1, 0.15) is 0 Å². The topological polar surface area (TPSA) is 0 Å². The summed E-state index contributed by atoms with van der Waals surface area (Å²) in [5.74, 6) is 1.53. The molecule has 0 N–H and O–H groups in total. The van der Waals surface area contributed by atoms with Crippen LogP contribution in [0.5, 0.6) is 0 Å². The molecule has 0 amide bonds. The first kappa shape index (κ1) is 7.74. The first-order chi connectivity index (χ1) is 3.85. The van der Waals surface area contributed by atoms with Crippen molar-refractivity contribution in [2.45, 2.75) is 33.6 Å². The molecule has 0 aliphatic carbocycles. The van der Waals surface area contributed by atoms with Gasteiger partial charge in [-0.2, -0.15) is 0 Å². The number of hydrogen-bond donors (Lipinski definition) is 0. The van der Waals surface area contributed by atoms with E-state index in [2.05, 4.69) is 32.9 Å². The van der Waals surface area contributed by atoms with Crippen molar-refractivity contribution in [1.82, 2.24) is 0 Å². The first-order valence-corrected chi connectivity index (χ1v) is 3.32. The van der Waals surface area contributed by atoms with Crippen LogP contribution < -0.4 is 0 Å². The maximum atomic E-state index is 2.19. The van der Waals surface area contributed by atoms with Crippen molar-refractivity contribution < 1.29 is 0 Å². The highest BCUT2D eigenvalue weighted by molar-refractivity contribution is 5.06. The van der Waals surface area contributed by atoms with E-state index in [1.807, 2.05) is 0 Å². The molecule has 0 nitrogen and oxygen atoms in total. The second-order valence-electron chi connectivity index (χ2n) is 1.87. The molecule has 0 bridgehead atoms. The summed E-state index contributed by atoms with van der Waals surface area (Å²) in [7, 11) is 0. The van der Waals surface area contributed by atoms with Gasteiger partial charge in [0.25, 0.3) is 0 Å². The van der Waals surface area contributed by atoms with Gasteiger partial charge in [-0.3, -0.25) is 0 Å². The number of hydrogen-bond acceptors (Lipinski definition) is 0. The fourth-order valence-electron chi connectivity index (χ4n) is 0.721. The Labute approximate surface area is 52.6 Å². The summed E-state index contributed by atoms with van der Waals surface area (Å²) in [6.07, 6.45) is 6.68. The average Bonchev–Trinajstić information content (AvgIpc) is 1.83. The molecule has 0 unspecified atom stereocenters. The van der Waals surface area contributed by atoms with E-state index in [0.717, 1.165) is 0 Å². The zero-order valence-corrected chi connectivity index (χ0v) is 6.07. The van der Waals surface area contributed by atoms with Crippen LogP contribution in [-0.2, 0) is 0 Å². The van der Waals surface area contributed by atoms with Gasteiger partial charge in [0.05, 0.1) is 0 Å². The van der Waals surface area contributed by atoms with Crippen LogP contribution in [0.3, 0.4) is 0 Å². The quantitative estimate of drug-likeness (QED) is 0.525. The zero-order valence-electron chi connectivity index (χ0n) is 6.07. The second kappa shape index (κ2) is 4.89. The second-order valence-corrected chi connectivity index (χ2v) is 1.87. The van der Waals surface area contributed by atoms with Crippen molar-refractivity contribution in [3.05, 3.63) is 18.1 Å². The van der Waals surface area contributed by atoms with Gasteiger partial charge >= 0.3 is 0 Å². The summed E-state index contributed by atoms with van der Waals surface area (Å²) in [5, 5.41) is 0. The lowest BCUT2D eigenvalue weighted by Gasteiger charge is -2.01. The van der Waals surface area contributed by atoms with E-state index in [4.69, 9.17) is 0 Å². The Hall–Kier alpha value is -0.260. The lowest BCUT2D eigenvalue weighted by atomic mass is 10.0. The van der Waals surface area contributed by atoms with Gasteiger partial charge in [-0.15, -0.1) is 0 Å². The van der Waals surface area contributed by atoms with Crippen LogP contribution >= 0.6 is 0 Å². The predicted molar refractivity (Wildman–Crippen MR) is 38.6 cm³/mol. The number of rotatable bonds is 3. The molecule has 0 saturated carbocycles. The molecule has 0 fully saturated rings. The SMILES string of the molecule is C/C=C/[C](CC)CC. The van der Waals surface area contributed by atoms with Gasteiger partial charge in [0.15, 0.2) is 0 Å². The maximum Gasteiger partial charge on any atom is -0.00329 e. The van der Waals surface area contributed by atoms with Gasteiger partial charge in [-0.25, -0.2) is 0 Å². The van der Waals surface area contributed by atoms with E-state index >= 15 is 0 Å². The highest BCUT2D eigenvalue weighted by atomic mass is 14.0. The third-order valence-electron chi connectivity index (χ3n) is 1.31. The molecule has 1 radical (unpaired) electrons. The molecule has 0 saturated heterocycles. The smallest absolute Gasteiger partial charge is 0.00329 e. The van der Waals surface area contributed by atoms with Gasteiger partial charge in [-0.05, 0) is 25.7 Å². The minimum atomic E-state index is 1.20. The average molecular weight is 111 g/mol. The largest absolute Gasteiger partial charge is 0.0911 e. The Bertz CT molecular complexity index is 58.4. The van der Waals surface area contributed by atoms with Crippen molar-refractivity contribution in [3.8, 4) is 0 Å². The third kappa shape index (κ3) is 2.84. The fraction of sp³-hybridized carbons (Fsp3) is 0.625. The molecule has 0 aliphatic rings. The van der Waals surface area contributed by atoms with E-state index in [9.17, 15) is 0 Å². The Kier molecular flexibility index (Phi) is 4.73. The van der Waals surface area contributed by atoms with Gasteiger partial charge < -0.3 is 0 Å². The summed E-state index contributed by atoms with van der Waals surface area (Å²) < 4.78 is 0. The molecule has 0 spiro atoms. The lowest BCUT2D eigenvalue weighted by Crippen LogP contribution is -1.85. The van der Waals surface area contributed by atoms with E-state index < -0.39 is 0 Å². The van der Waals surface area contributed by atoms with Crippen molar-refractivity contribution in [2.75, 3.05) is 0 Å². The molecule has 0 aromatic heterocycles. The van der Waals surface area contributed by atoms with E-state index in [1.165, 1.54) is 18.8 Å². The van der Waals surface area contributed by atoms with Crippen molar-refractivity contribution in [2.24, 2.45) is 0 Å². The number of allylic oxidation sites excluding steroid dienone is 2. The normalized spacial score (nSPS) is 11.5. The standard InChI is InChI=1S/C8H15/c1-4-7-8(5-2)6-3/h4,7H,5-6H2,1-3H3/b7-4+. The van der Waals surface area contributed by atoms with E-state index in [-0.39, 0.29) is 0 Å². The van der Waals surface area contributed by atoms with Gasteiger partial charge in [0, 0.05) is 0 Å². The third-order valence-corrected chi connectivity index (χ3v) is 1.31. The molecule has 47 valence electrons. The zero-order chi connectivity index (χ0) is 6.41. The summed E-state index contributed by atoms with van der Waals surface area (Å²) >= 11 is 0. The lowest BCUT2D eigenvalue weighted by molar-refractivity contribution is 0.870. The molecular weight excluding hydrogens is 96.1 g/mol. The Morgan fingerprint density at radius 1 is 1.25 bits per heavy atom. The van der Waals surface area contributed by atoms with Crippen LogP contribution in [0.2, 0.25) is 0 Å². The van der Waals surface area contributed by atoms with Crippen molar-refractivity contribution in [3.63, 3.8) is 0 Å². The highest BCUT2D eigenvalue weighted by Crippen LogP contribution is 2.10. The van der Waals surface area contributed by atoms with Crippen molar-refractivity contribution in [1.29, 1.82) is 0 Å². The van der Waals surface area contributed by atoms with Crippen LogP contribution in [0, 0.1) is 5.92 Å². The summed E-state index contributed by atoms with van der Waals surface area (Å²) in [5.41, 5.74) is 0. The summed E-state index contributed by atoms with van der Waals surface area (Å²) in [6.45, 7) is 6.45. The Balaban J connectivity index is 3.36. The molecule has 0 heterocycles. The van der Waals surface area contributed by atoms with Crippen LogP contribution in [0.25, 0.3) is 0 Å². The Morgan fingerprint density at radius 3 is 1.88 bits per heavy atom. The molecule has 0 rings (SSSR count). The Morgan fingerprint density at radius 2 is 1.75 bits per heavy atom. The predicted octanol–water partition coefficient (Wildman–Crippen LogP) is 2.96. The molecule has 0 aliphatic heterocycles. The molecule has 8 heavy (non-hydrogen) atoms. The monoisotopic (exact) mass is 111 g/mol. The molecule has 0 aromatic rings. The summed E-state index contributed by atoms with van der Waals surface area (Å²) in [4.78, 5) is 0. The highest BCUT2D eigenvalue weighted by Gasteiger charge is 1.94. The molecular formula is C8H15. The van der Waals surface area contributed by atoms with Crippen LogP contribution in [0.4, 0.5) is 0 Å². The van der Waals surface area contributed by atoms with Crippen LogP contribution in [-0.4, -0.2) is 0 Å². The van der Waals surface area contributed by atoms with E-state index in [0.29, 0.717) is 0 Å². The minimum absolute atomic E-state index is 1.20. The van der Waals surface area contributed by atoms with Gasteiger partial charge in [0.2, 0.25) is 0 Å². The minimum Gasteiger partial charge on any atom is -0.0911 e. The molecule has 0 atom stereocenters. The van der Waals surface area contributed by atoms with Crippen LogP contribution in [0.15, 0.2) is 12.2 Å². The van der Waals surface area contributed by atoms with E-state index in [1.54, 1.807) is 0 Å². The summed E-state index contributed by atoms with van der Waals surface area (Å²) in [6, 6.07) is 0. The fourth-order valence-corrected chi connectivity index (χ4v) is 0.721. The van der Waals surface area contributed by atoms with Gasteiger partial charge in [-0.1, -0.05) is 26.0 Å². The van der Waals surface area contributed by atoms with Crippen molar-refractivity contribution >= 4 is 0 Å². The molecule has 0 heteroatoms. The van der Waals surface area contributed by atoms with Crippen LogP contribution in [0.1, 0.15) is 33.6 Å². The maximum absolute atomic E-state index is 2.19.